The predicted octanol–water partition coefficient (Wildman–Crippen LogP) is 14.5. The lowest BCUT2D eigenvalue weighted by Gasteiger charge is -2.42. The molecule has 0 atom stereocenters. The minimum absolute atomic E-state index is 0.0793. The molecule has 0 fully saturated rings. The van der Waals surface area contributed by atoms with Gasteiger partial charge in [0.25, 0.3) is 0 Å². The largest absolute Gasteiger partial charge is 0.309 e. The summed E-state index contributed by atoms with van der Waals surface area (Å²) in [5.74, 6) is 0. The quantitative estimate of drug-likeness (QED) is 0.172. The average Bonchev–Trinajstić information content (AvgIpc) is 3.88. The lowest BCUT2D eigenvalue weighted by Crippen LogP contribution is -2.33. The lowest BCUT2D eigenvalue weighted by molar-refractivity contribution is 0.332. The predicted molar refractivity (Wildman–Crippen MR) is 242 cm³/mol. The van der Waals surface area contributed by atoms with Gasteiger partial charge in [-0.15, -0.1) is 0 Å². The van der Waals surface area contributed by atoms with Gasteiger partial charge in [0.05, 0.1) is 33.1 Å². The zero-order valence-corrected chi connectivity index (χ0v) is 32.8. The van der Waals surface area contributed by atoms with Crippen LogP contribution < -0.4 is 0 Å². The zero-order chi connectivity index (χ0) is 38.2. The number of fused-ring (bicyclic) bond motifs is 14. The van der Waals surface area contributed by atoms with Crippen LogP contribution in [0.25, 0.3) is 93.3 Å². The van der Waals surface area contributed by atoms with Crippen LogP contribution in [0.3, 0.4) is 0 Å². The molecule has 8 aromatic carbocycles. The number of nitrogens with zero attached hydrogens (tertiary/aromatic N) is 3. The van der Waals surface area contributed by atoms with Crippen molar-refractivity contribution in [3.63, 3.8) is 0 Å². The molecule has 3 heterocycles. The molecule has 274 valence electrons. The standard InChI is InChI=1S/C54H43N3/c1-53(2)29-30-54(3,4)44-33-48-42(32-43(44)53)50-40-23-12-11-22-39(40)49-41-24-14-16-26-46(41)57(51(49)52(50)56(48)35-19-9-6-10-20-35)36-27-28-38-37-21-13-15-25-45(37)55(47(38)31-36)34-17-7-5-8-18-34/h5-28,31-33H,29-30H2,1-4H3. The molecule has 0 amide bonds. The third-order valence-electron chi connectivity index (χ3n) is 13.4. The van der Waals surface area contributed by atoms with Crippen LogP contribution in [0.4, 0.5) is 0 Å². The van der Waals surface area contributed by atoms with Gasteiger partial charge < -0.3 is 13.7 Å². The summed E-state index contributed by atoms with van der Waals surface area (Å²) in [6, 6.07) is 61.1. The number of para-hydroxylation sites is 4. The molecular formula is C54H43N3. The molecule has 1 aliphatic rings. The van der Waals surface area contributed by atoms with Crippen LogP contribution in [0.1, 0.15) is 51.7 Å². The lowest BCUT2D eigenvalue weighted by atomic mass is 9.63. The summed E-state index contributed by atoms with van der Waals surface area (Å²) in [5, 5.41) is 10.3. The van der Waals surface area contributed by atoms with E-state index in [1.54, 1.807) is 0 Å². The Morgan fingerprint density at radius 1 is 0.333 bits per heavy atom. The topological polar surface area (TPSA) is 14.8 Å². The second kappa shape index (κ2) is 11.5. The van der Waals surface area contributed by atoms with Crippen molar-refractivity contribution in [3.8, 4) is 17.1 Å². The maximum absolute atomic E-state index is 2.59. The van der Waals surface area contributed by atoms with Crippen molar-refractivity contribution >= 4 is 76.2 Å². The molecule has 0 spiro atoms. The molecule has 0 radical (unpaired) electrons. The number of rotatable bonds is 3. The Morgan fingerprint density at radius 3 is 1.40 bits per heavy atom. The molecule has 0 unspecified atom stereocenters. The Bertz CT molecular complexity index is 3440. The van der Waals surface area contributed by atoms with Crippen molar-refractivity contribution in [2.24, 2.45) is 0 Å². The smallest absolute Gasteiger partial charge is 0.0795 e. The van der Waals surface area contributed by atoms with Gasteiger partial charge in [-0.05, 0) is 106 Å². The molecule has 0 aliphatic heterocycles. The Morgan fingerprint density at radius 2 is 0.772 bits per heavy atom. The van der Waals surface area contributed by atoms with Crippen molar-refractivity contribution in [2.45, 2.75) is 51.4 Å². The van der Waals surface area contributed by atoms with Crippen molar-refractivity contribution in [3.05, 3.63) is 175 Å². The van der Waals surface area contributed by atoms with Crippen LogP contribution in [0.5, 0.6) is 0 Å². The minimum Gasteiger partial charge on any atom is -0.309 e. The highest BCUT2D eigenvalue weighted by Crippen LogP contribution is 2.51. The van der Waals surface area contributed by atoms with E-state index in [9.17, 15) is 0 Å². The zero-order valence-electron chi connectivity index (χ0n) is 32.8. The van der Waals surface area contributed by atoms with E-state index in [0.29, 0.717) is 0 Å². The third-order valence-corrected chi connectivity index (χ3v) is 13.4. The fourth-order valence-electron chi connectivity index (χ4n) is 10.6. The molecule has 3 heteroatoms. The van der Waals surface area contributed by atoms with Gasteiger partial charge in [-0.3, -0.25) is 0 Å². The van der Waals surface area contributed by atoms with Gasteiger partial charge in [0.2, 0.25) is 0 Å². The first-order valence-corrected chi connectivity index (χ1v) is 20.4. The van der Waals surface area contributed by atoms with Gasteiger partial charge in [0.1, 0.15) is 0 Å². The maximum Gasteiger partial charge on any atom is 0.0795 e. The first-order valence-electron chi connectivity index (χ1n) is 20.4. The van der Waals surface area contributed by atoms with Crippen molar-refractivity contribution in [1.29, 1.82) is 0 Å². The van der Waals surface area contributed by atoms with Gasteiger partial charge in [-0.25, -0.2) is 0 Å². The van der Waals surface area contributed by atoms with Crippen LogP contribution in [-0.2, 0) is 10.8 Å². The van der Waals surface area contributed by atoms with Crippen molar-refractivity contribution in [1.82, 2.24) is 13.7 Å². The molecule has 0 bridgehead atoms. The Labute approximate surface area is 332 Å². The second-order valence-electron chi connectivity index (χ2n) is 17.6. The van der Waals surface area contributed by atoms with Gasteiger partial charge >= 0.3 is 0 Å². The summed E-state index contributed by atoms with van der Waals surface area (Å²) in [4.78, 5) is 0. The molecule has 12 rings (SSSR count). The Hall–Kier alpha value is -6.58. The summed E-state index contributed by atoms with van der Waals surface area (Å²) in [6.45, 7) is 9.78. The Balaban J connectivity index is 1.32. The normalized spacial score (nSPS) is 15.2. The molecular weight excluding hydrogens is 691 g/mol. The van der Waals surface area contributed by atoms with Crippen LogP contribution in [-0.4, -0.2) is 13.7 Å². The van der Waals surface area contributed by atoms with E-state index in [2.05, 4.69) is 205 Å². The van der Waals surface area contributed by atoms with Crippen LogP contribution in [0.15, 0.2) is 164 Å². The first kappa shape index (κ1) is 32.6. The van der Waals surface area contributed by atoms with Crippen LogP contribution in [0.2, 0.25) is 0 Å². The summed E-state index contributed by atoms with van der Waals surface area (Å²) in [5.41, 5.74) is 14.0. The molecule has 57 heavy (non-hydrogen) atoms. The van der Waals surface area contributed by atoms with Gasteiger partial charge in [0.15, 0.2) is 0 Å². The molecule has 0 saturated heterocycles. The fraction of sp³-hybridized carbons (Fsp3) is 0.148. The van der Waals surface area contributed by atoms with E-state index in [0.717, 1.165) is 11.4 Å². The van der Waals surface area contributed by atoms with Crippen LogP contribution in [0, 0.1) is 0 Å². The van der Waals surface area contributed by atoms with Crippen molar-refractivity contribution < 1.29 is 0 Å². The van der Waals surface area contributed by atoms with E-state index in [1.165, 1.54) is 106 Å². The van der Waals surface area contributed by atoms with Gasteiger partial charge in [-0.2, -0.15) is 0 Å². The Kier molecular flexibility index (Phi) is 6.58. The van der Waals surface area contributed by atoms with Gasteiger partial charge in [0, 0.05) is 49.4 Å². The van der Waals surface area contributed by atoms with Crippen molar-refractivity contribution in [2.75, 3.05) is 0 Å². The van der Waals surface area contributed by atoms with E-state index in [4.69, 9.17) is 0 Å². The number of aromatic nitrogens is 3. The minimum atomic E-state index is 0.0793. The number of benzene rings is 8. The number of hydrogen-bond donors (Lipinski definition) is 0. The summed E-state index contributed by atoms with van der Waals surface area (Å²) in [6.07, 6.45) is 2.35. The monoisotopic (exact) mass is 733 g/mol. The average molecular weight is 734 g/mol. The number of hydrogen-bond acceptors (Lipinski definition) is 0. The summed E-state index contributed by atoms with van der Waals surface area (Å²) >= 11 is 0. The molecule has 11 aromatic rings. The molecule has 3 aromatic heterocycles. The van der Waals surface area contributed by atoms with E-state index < -0.39 is 0 Å². The first-order chi connectivity index (χ1) is 27.8. The fourth-order valence-corrected chi connectivity index (χ4v) is 10.6. The highest BCUT2D eigenvalue weighted by atomic mass is 15.1. The van der Waals surface area contributed by atoms with E-state index in [1.807, 2.05) is 0 Å². The summed E-state index contributed by atoms with van der Waals surface area (Å²) in [7, 11) is 0. The molecule has 0 saturated carbocycles. The molecule has 0 N–H and O–H groups in total. The molecule has 1 aliphatic carbocycles. The van der Waals surface area contributed by atoms with E-state index >= 15 is 0 Å². The third kappa shape index (κ3) is 4.43. The SMILES string of the molecule is CC1(C)CCC(C)(C)c2cc3c(cc21)c1c2ccccc2c2c4ccccc4n(-c4ccc5c6ccccc6n(-c6ccccc6)c5c4)c2c1n3-c1ccccc1. The van der Waals surface area contributed by atoms with E-state index in [-0.39, 0.29) is 10.8 Å². The van der Waals surface area contributed by atoms with Gasteiger partial charge in [-0.1, -0.05) is 131 Å². The maximum atomic E-state index is 2.59. The summed E-state index contributed by atoms with van der Waals surface area (Å²) < 4.78 is 7.59. The van der Waals surface area contributed by atoms with Crippen LogP contribution >= 0.6 is 0 Å². The molecule has 3 nitrogen and oxygen atoms in total. The highest BCUT2D eigenvalue weighted by molar-refractivity contribution is 6.36. The second-order valence-corrected chi connectivity index (χ2v) is 17.6. The highest BCUT2D eigenvalue weighted by Gasteiger charge is 2.38.